The molecule has 1 atom stereocenters. The molecule has 0 saturated heterocycles. The average molecular weight is 515 g/mol. The smallest absolute Gasteiger partial charge is 0.254 e. The third kappa shape index (κ3) is 4.96. The van der Waals surface area contributed by atoms with Crippen molar-refractivity contribution in [2.75, 3.05) is 5.32 Å². The van der Waals surface area contributed by atoms with Crippen LogP contribution in [0.4, 0.5) is 14.5 Å². The van der Waals surface area contributed by atoms with Crippen LogP contribution in [0.3, 0.4) is 0 Å². The molecule has 1 heterocycles. The first-order valence-electron chi connectivity index (χ1n) is 12.5. The maximum absolute atomic E-state index is 14.4. The molecule has 0 radical (unpaired) electrons. The molecule has 0 aromatic heterocycles. The molecule has 2 aliphatic rings. The number of hydrogen-bond donors (Lipinski definition) is 2. The van der Waals surface area contributed by atoms with E-state index < -0.39 is 29.1 Å². The van der Waals surface area contributed by atoms with E-state index in [2.05, 4.69) is 10.6 Å². The summed E-state index contributed by atoms with van der Waals surface area (Å²) in [5.41, 5.74) is 1.87. The van der Waals surface area contributed by atoms with Crippen molar-refractivity contribution in [3.05, 3.63) is 113 Å². The van der Waals surface area contributed by atoms with Gasteiger partial charge in [0, 0.05) is 34.9 Å². The van der Waals surface area contributed by atoms with Crippen LogP contribution in [0.15, 0.2) is 95.3 Å². The summed E-state index contributed by atoms with van der Waals surface area (Å²) in [4.78, 5) is 27.2. The number of allylic oxidation sites excluding steroid dienone is 3. The highest BCUT2D eigenvalue weighted by molar-refractivity contribution is 6.10. The molecule has 3 aromatic rings. The van der Waals surface area contributed by atoms with Gasteiger partial charge in [-0.1, -0.05) is 50.2 Å². The summed E-state index contributed by atoms with van der Waals surface area (Å²) in [7, 11) is 0. The van der Waals surface area contributed by atoms with E-state index >= 15 is 0 Å². The molecule has 7 heteroatoms. The van der Waals surface area contributed by atoms with Crippen molar-refractivity contribution in [2.24, 2.45) is 5.41 Å². The van der Waals surface area contributed by atoms with Gasteiger partial charge in [0.05, 0.1) is 0 Å². The molecule has 1 amide bonds. The second-order valence-corrected chi connectivity index (χ2v) is 10.5. The van der Waals surface area contributed by atoms with Gasteiger partial charge in [0.1, 0.15) is 28.8 Å². The minimum atomic E-state index is -0.884. The molecule has 5 rings (SSSR count). The Hall–Kier alpha value is -4.26. The van der Waals surface area contributed by atoms with Crippen molar-refractivity contribution in [1.82, 2.24) is 5.32 Å². The van der Waals surface area contributed by atoms with Gasteiger partial charge < -0.3 is 15.4 Å². The summed E-state index contributed by atoms with van der Waals surface area (Å²) in [6.07, 6.45) is 0.944. The van der Waals surface area contributed by atoms with Gasteiger partial charge in [-0.2, -0.15) is 0 Å². The monoisotopic (exact) mass is 514 g/mol. The van der Waals surface area contributed by atoms with Crippen molar-refractivity contribution in [1.29, 1.82) is 0 Å². The van der Waals surface area contributed by atoms with Gasteiger partial charge in [0.15, 0.2) is 5.78 Å². The van der Waals surface area contributed by atoms with E-state index in [4.69, 9.17) is 4.74 Å². The lowest BCUT2D eigenvalue weighted by atomic mass is 9.68. The van der Waals surface area contributed by atoms with Gasteiger partial charge >= 0.3 is 0 Å². The third-order valence-corrected chi connectivity index (χ3v) is 6.86. The van der Waals surface area contributed by atoms with Crippen LogP contribution in [-0.4, -0.2) is 11.7 Å². The molecule has 0 bridgehead atoms. The number of dihydropyridines is 1. The predicted octanol–water partition coefficient (Wildman–Crippen LogP) is 7.00. The number of carbonyl (C=O) groups excluding carboxylic acids is 2. The number of carbonyl (C=O) groups is 2. The maximum atomic E-state index is 14.4. The van der Waals surface area contributed by atoms with Crippen molar-refractivity contribution in [2.45, 2.75) is 39.5 Å². The first-order valence-corrected chi connectivity index (χ1v) is 12.5. The van der Waals surface area contributed by atoms with E-state index in [0.717, 1.165) is 17.8 Å². The molecule has 1 aliphatic carbocycles. The van der Waals surface area contributed by atoms with Crippen LogP contribution in [0, 0.1) is 17.0 Å². The van der Waals surface area contributed by atoms with E-state index in [9.17, 15) is 18.4 Å². The Balaban J connectivity index is 1.60. The predicted molar refractivity (Wildman–Crippen MR) is 142 cm³/mol. The summed E-state index contributed by atoms with van der Waals surface area (Å²) >= 11 is 0. The number of rotatable bonds is 5. The number of hydrogen-bond acceptors (Lipinski definition) is 4. The number of anilines is 1. The number of halogens is 2. The highest BCUT2D eigenvalue weighted by atomic mass is 19.1. The number of nitrogens with one attached hydrogen (secondary N) is 2. The van der Waals surface area contributed by atoms with Gasteiger partial charge in [0.2, 0.25) is 0 Å². The van der Waals surface area contributed by atoms with Crippen molar-refractivity contribution in [3.8, 4) is 11.5 Å². The fourth-order valence-corrected chi connectivity index (χ4v) is 5.25. The summed E-state index contributed by atoms with van der Waals surface area (Å²) in [6.45, 7) is 5.80. The quantitative estimate of drug-likeness (QED) is 0.385. The van der Waals surface area contributed by atoms with Crippen LogP contribution in [0.1, 0.15) is 45.1 Å². The largest absolute Gasteiger partial charge is 0.457 e. The Morgan fingerprint density at radius 1 is 0.947 bits per heavy atom. The Bertz CT molecular complexity index is 1470. The van der Waals surface area contributed by atoms with Crippen LogP contribution in [0.25, 0.3) is 0 Å². The van der Waals surface area contributed by atoms with Crippen molar-refractivity contribution in [3.63, 3.8) is 0 Å². The lowest BCUT2D eigenvalue weighted by Gasteiger charge is -2.39. The zero-order valence-corrected chi connectivity index (χ0v) is 21.4. The van der Waals surface area contributed by atoms with Crippen LogP contribution in [-0.2, 0) is 9.59 Å². The Labute approximate surface area is 220 Å². The van der Waals surface area contributed by atoms with Crippen molar-refractivity contribution >= 4 is 17.4 Å². The number of ketones is 1. The van der Waals surface area contributed by atoms with E-state index in [1.165, 1.54) is 6.07 Å². The highest BCUT2D eigenvalue weighted by Crippen LogP contribution is 2.47. The minimum Gasteiger partial charge on any atom is -0.457 e. The van der Waals surface area contributed by atoms with Gasteiger partial charge in [-0.25, -0.2) is 8.78 Å². The van der Waals surface area contributed by atoms with Crippen LogP contribution in [0.5, 0.6) is 11.5 Å². The second kappa shape index (κ2) is 9.89. The third-order valence-electron chi connectivity index (χ3n) is 6.86. The number of amides is 1. The van der Waals surface area contributed by atoms with Crippen LogP contribution in [0.2, 0.25) is 0 Å². The zero-order valence-electron chi connectivity index (χ0n) is 21.4. The molecule has 3 aromatic carbocycles. The van der Waals surface area contributed by atoms with Crippen LogP contribution < -0.4 is 15.4 Å². The number of ether oxygens (including phenoxy) is 1. The second-order valence-electron chi connectivity index (χ2n) is 10.5. The fraction of sp³-hybridized carbons (Fsp3) is 0.226. The SMILES string of the molecule is CC1=C(C(=O)Nc2c(F)cccc2F)C(c2cccc(Oc3ccccc3)c2)C2=C(CC(C)(C)CC2=O)N1. The molecule has 1 unspecified atom stereocenters. The van der Waals surface area contributed by atoms with Gasteiger partial charge in [-0.3, -0.25) is 9.59 Å². The van der Waals surface area contributed by atoms with E-state index in [1.807, 2.05) is 50.2 Å². The topological polar surface area (TPSA) is 67.4 Å². The Morgan fingerprint density at radius 3 is 2.32 bits per heavy atom. The molecule has 0 saturated carbocycles. The lowest BCUT2D eigenvalue weighted by Crippen LogP contribution is -2.39. The molecule has 194 valence electrons. The molecule has 1 aliphatic heterocycles. The summed E-state index contributed by atoms with van der Waals surface area (Å²) in [6, 6.07) is 19.9. The molecular formula is C31H28F2N2O3. The Morgan fingerprint density at radius 2 is 1.61 bits per heavy atom. The average Bonchev–Trinajstić information content (AvgIpc) is 2.85. The number of benzene rings is 3. The molecule has 38 heavy (non-hydrogen) atoms. The normalized spacial score (nSPS) is 18.6. The van der Waals surface area contributed by atoms with E-state index in [1.54, 1.807) is 25.1 Å². The fourth-order valence-electron chi connectivity index (χ4n) is 5.25. The van der Waals surface area contributed by atoms with Crippen LogP contribution >= 0.6 is 0 Å². The van der Waals surface area contributed by atoms with Gasteiger partial charge in [-0.05, 0) is 60.7 Å². The molecule has 5 nitrogen and oxygen atoms in total. The molecule has 2 N–H and O–H groups in total. The number of Topliss-reactive ketones (excluding diaryl/α,β-unsaturated/α-hetero) is 1. The summed E-state index contributed by atoms with van der Waals surface area (Å²) in [5, 5.41) is 5.67. The standard InChI is InChI=1S/C31H28F2N2O3/c1-18-26(30(37)35-29-22(32)13-8-14-23(29)33)27(28-24(34-18)16-31(2,3)17-25(28)36)19-9-7-12-21(15-19)38-20-10-5-4-6-11-20/h4-15,27,34H,16-17H2,1-3H3,(H,35,37). The maximum Gasteiger partial charge on any atom is 0.254 e. The molecule has 0 spiro atoms. The summed E-state index contributed by atoms with van der Waals surface area (Å²) < 4.78 is 34.8. The number of para-hydroxylation sites is 2. The van der Waals surface area contributed by atoms with Gasteiger partial charge in [-0.15, -0.1) is 0 Å². The molecule has 0 fully saturated rings. The van der Waals surface area contributed by atoms with Crippen molar-refractivity contribution < 1.29 is 23.1 Å². The first kappa shape index (κ1) is 25.4. The summed E-state index contributed by atoms with van der Waals surface area (Å²) in [5.74, 6) is -2.10. The highest BCUT2D eigenvalue weighted by Gasteiger charge is 2.43. The zero-order chi connectivity index (χ0) is 27.0. The van der Waals surface area contributed by atoms with Gasteiger partial charge in [0.25, 0.3) is 5.91 Å². The Kier molecular flexibility index (Phi) is 6.61. The minimum absolute atomic E-state index is 0.0713. The van der Waals surface area contributed by atoms with E-state index in [-0.39, 0.29) is 16.8 Å². The lowest BCUT2D eigenvalue weighted by molar-refractivity contribution is -0.118. The first-order chi connectivity index (χ1) is 18.1. The van der Waals surface area contributed by atoms with E-state index in [0.29, 0.717) is 41.2 Å². The molecular weight excluding hydrogens is 486 g/mol.